The highest BCUT2D eigenvalue weighted by Crippen LogP contribution is 2.21. The van der Waals surface area contributed by atoms with Gasteiger partial charge in [-0.2, -0.15) is 0 Å². The molecule has 1 atom stereocenters. The van der Waals surface area contributed by atoms with E-state index in [0.29, 0.717) is 11.3 Å². The average molecular weight is 263 g/mol. The van der Waals surface area contributed by atoms with Crippen molar-refractivity contribution in [2.45, 2.75) is 33.2 Å². The van der Waals surface area contributed by atoms with E-state index in [1.54, 1.807) is 24.3 Å². The van der Waals surface area contributed by atoms with E-state index in [9.17, 15) is 9.59 Å². The van der Waals surface area contributed by atoms with Gasteiger partial charge in [-0.05, 0) is 17.5 Å². The quantitative estimate of drug-likeness (QED) is 0.767. The zero-order valence-corrected chi connectivity index (χ0v) is 11.6. The number of para-hydroxylation sites is 1. The second-order valence-electron chi connectivity index (χ2n) is 5.63. The summed E-state index contributed by atoms with van der Waals surface area (Å²) in [5, 5.41) is 2.68. The highest BCUT2D eigenvalue weighted by Gasteiger charge is 2.23. The fraction of sp³-hybridized carbons (Fsp3) is 0.429. The Morgan fingerprint density at radius 2 is 1.84 bits per heavy atom. The molecule has 0 aliphatic rings. The van der Waals surface area contributed by atoms with Crippen LogP contribution < -0.4 is 16.8 Å². The van der Waals surface area contributed by atoms with Crippen LogP contribution in [0.4, 0.5) is 5.69 Å². The maximum Gasteiger partial charge on any atom is 0.250 e. The Kier molecular flexibility index (Phi) is 4.67. The van der Waals surface area contributed by atoms with Crippen LogP contribution in [0.2, 0.25) is 0 Å². The minimum absolute atomic E-state index is 0.152. The summed E-state index contributed by atoms with van der Waals surface area (Å²) in [6.07, 6.45) is 0.191. The van der Waals surface area contributed by atoms with Crippen molar-refractivity contribution in [3.05, 3.63) is 29.8 Å². The van der Waals surface area contributed by atoms with Gasteiger partial charge in [-0.25, -0.2) is 0 Å². The number of nitrogens with one attached hydrogen (secondary N) is 1. The molecule has 104 valence electrons. The first kappa shape index (κ1) is 15.2. The lowest BCUT2D eigenvalue weighted by molar-refractivity contribution is -0.117. The van der Waals surface area contributed by atoms with Gasteiger partial charge in [0.1, 0.15) is 0 Å². The van der Waals surface area contributed by atoms with Crippen LogP contribution in [0.1, 0.15) is 37.6 Å². The molecule has 0 fully saturated rings. The minimum atomic E-state index is -0.573. The Balaban J connectivity index is 2.76. The Morgan fingerprint density at radius 1 is 1.26 bits per heavy atom. The number of rotatable bonds is 4. The highest BCUT2D eigenvalue weighted by molar-refractivity contribution is 6.03. The summed E-state index contributed by atoms with van der Waals surface area (Å²) in [5.41, 5.74) is 11.8. The first-order valence-corrected chi connectivity index (χ1v) is 6.16. The predicted octanol–water partition coefficient (Wildman–Crippen LogP) is 1.49. The van der Waals surface area contributed by atoms with Gasteiger partial charge in [0, 0.05) is 12.5 Å². The van der Waals surface area contributed by atoms with Crippen molar-refractivity contribution in [3.8, 4) is 0 Å². The van der Waals surface area contributed by atoms with E-state index in [1.807, 2.05) is 20.8 Å². The number of nitrogens with two attached hydrogens (primary N) is 2. The Morgan fingerprint density at radius 3 is 2.37 bits per heavy atom. The third-order valence-electron chi connectivity index (χ3n) is 2.98. The van der Waals surface area contributed by atoms with E-state index in [4.69, 9.17) is 11.5 Å². The van der Waals surface area contributed by atoms with Crippen molar-refractivity contribution in [1.82, 2.24) is 0 Å². The molecule has 2 amide bonds. The van der Waals surface area contributed by atoms with Crippen LogP contribution in [0, 0.1) is 5.41 Å². The summed E-state index contributed by atoms with van der Waals surface area (Å²) < 4.78 is 0. The summed E-state index contributed by atoms with van der Waals surface area (Å²) >= 11 is 0. The molecule has 1 rings (SSSR count). The van der Waals surface area contributed by atoms with Gasteiger partial charge in [0.2, 0.25) is 5.91 Å². The molecule has 0 spiro atoms. The van der Waals surface area contributed by atoms with Gasteiger partial charge in [-0.1, -0.05) is 32.9 Å². The largest absolute Gasteiger partial charge is 0.366 e. The van der Waals surface area contributed by atoms with E-state index in [0.717, 1.165) is 0 Å². The molecule has 5 heteroatoms. The lowest BCUT2D eigenvalue weighted by Gasteiger charge is -2.26. The molecule has 0 aromatic heterocycles. The minimum Gasteiger partial charge on any atom is -0.366 e. The SMILES string of the molecule is CC(C)(C)C(N)CC(=O)Nc1ccccc1C(N)=O. The van der Waals surface area contributed by atoms with Gasteiger partial charge < -0.3 is 16.8 Å². The van der Waals surface area contributed by atoms with Crippen molar-refractivity contribution >= 4 is 17.5 Å². The maximum atomic E-state index is 11.9. The zero-order chi connectivity index (χ0) is 14.6. The number of benzene rings is 1. The molecular weight excluding hydrogens is 242 g/mol. The number of hydrogen-bond acceptors (Lipinski definition) is 3. The van der Waals surface area contributed by atoms with E-state index in [-0.39, 0.29) is 23.8 Å². The van der Waals surface area contributed by atoms with Crippen LogP contribution in [-0.4, -0.2) is 17.9 Å². The molecule has 1 aromatic rings. The van der Waals surface area contributed by atoms with Crippen LogP contribution in [0.3, 0.4) is 0 Å². The van der Waals surface area contributed by atoms with Crippen LogP contribution >= 0.6 is 0 Å². The van der Waals surface area contributed by atoms with Crippen LogP contribution in [0.15, 0.2) is 24.3 Å². The summed E-state index contributed by atoms with van der Waals surface area (Å²) in [4.78, 5) is 23.1. The monoisotopic (exact) mass is 263 g/mol. The topological polar surface area (TPSA) is 98.2 Å². The molecule has 0 bridgehead atoms. The summed E-state index contributed by atoms with van der Waals surface area (Å²) in [6.45, 7) is 5.92. The number of anilines is 1. The van der Waals surface area contributed by atoms with Crippen molar-refractivity contribution in [1.29, 1.82) is 0 Å². The molecule has 0 saturated heterocycles. The third kappa shape index (κ3) is 4.37. The first-order chi connectivity index (χ1) is 8.71. The van der Waals surface area contributed by atoms with E-state index < -0.39 is 5.91 Å². The van der Waals surface area contributed by atoms with Crippen LogP contribution in [-0.2, 0) is 4.79 Å². The molecule has 0 heterocycles. The molecular formula is C14H21N3O2. The van der Waals surface area contributed by atoms with Gasteiger partial charge in [0.25, 0.3) is 5.91 Å². The van der Waals surface area contributed by atoms with E-state index >= 15 is 0 Å². The number of carbonyl (C=O) groups excluding carboxylic acids is 2. The number of primary amides is 1. The van der Waals surface area contributed by atoms with Gasteiger partial charge in [-0.3, -0.25) is 9.59 Å². The molecule has 0 radical (unpaired) electrons. The second kappa shape index (κ2) is 5.84. The van der Waals surface area contributed by atoms with Crippen molar-refractivity contribution in [2.24, 2.45) is 16.9 Å². The van der Waals surface area contributed by atoms with Gasteiger partial charge >= 0.3 is 0 Å². The van der Waals surface area contributed by atoms with Crippen molar-refractivity contribution in [3.63, 3.8) is 0 Å². The molecule has 0 aliphatic carbocycles. The zero-order valence-electron chi connectivity index (χ0n) is 11.6. The molecule has 1 unspecified atom stereocenters. The molecule has 0 saturated carbocycles. The third-order valence-corrected chi connectivity index (χ3v) is 2.98. The Labute approximate surface area is 113 Å². The summed E-state index contributed by atoms with van der Waals surface area (Å²) in [5.74, 6) is -0.799. The first-order valence-electron chi connectivity index (χ1n) is 6.16. The van der Waals surface area contributed by atoms with E-state index in [2.05, 4.69) is 5.32 Å². The average Bonchev–Trinajstić information content (AvgIpc) is 2.27. The lowest BCUT2D eigenvalue weighted by Crippen LogP contribution is -2.38. The standard InChI is InChI=1S/C14H21N3O2/c1-14(2,3)11(15)8-12(18)17-10-7-5-4-6-9(10)13(16)19/h4-7,11H,8,15H2,1-3H3,(H2,16,19)(H,17,18). The molecule has 5 N–H and O–H groups in total. The van der Waals surface area contributed by atoms with Gasteiger partial charge in [0.05, 0.1) is 11.3 Å². The maximum absolute atomic E-state index is 11.9. The van der Waals surface area contributed by atoms with E-state index in [1.165, 1.54) is 0 Å². The number of carbonyl (C=O) groups is 2. The second-order valence-corrected chi connectivity index (χ2v) is 5.63. The molecule has 1 aromatic carbocycles. The fourth-order valence-electron chi connectivity index (χ4n) is 1.51. The van der Waals surface area contributed by atoms with Crippen molar-refractivity contribution < 1.29 is 9.59 Å². The van der Waals surface area contributed by atoms with Gasteiger partial charge in [-0.15, -0.1) is 0 Å². The van der Waals surface area contributed by atoms with Crippen LogP contribution in [0.5, 0.6) is 0 Å². The number of hydrogen-bond donors (Lipinski definition) is 3. The fourth-order valence-corrected chi connectivity index (χ4v) is 1.51. The number of amides is 2. The highest BCUT2D eigenvalue weighted by atomic mass is 16.2. The van der Waals surface area contributed by atoms with Crippen molar-refractivity contribution in [2.75, 3.05) is 5.32 Å². The Hall–Kier alpha value is -1.88. The summed E-state index contributed by atoms with van der Waals surface area (Å²) in [6, 6.07) is 6.37. The van der Waals surface area contributed by atoms with Crippen LogP contribution in [0.25, 0.3) is 0 Å². The molecule has 0 aliphatic heterocycles. The predicted molar refractivity (Wildman–Crippen MR) is 75.6 cm³/mol. The summed E-state index contributed by atoms with van der Waals surface area (Å²) in [7, 11) is 0. The molecule has 19 heavy (non-hydrogen) atoms. The normalized spacial score (nSPS) is 12.8. The molecule has 5 nitrogen and oxygen atoms in total. The van der Waals surface area contributed by atoms with Gasteiger partial charge in [0.15, 0.2) is 0 Å². The lowest BCUT2D eigenvalue weighted by atomic mass is 9.85. The smallest absolute Gasteiger partial charge is 0.250 e. The Bertz CT molecular complexity index is 478.